The van der Waals surface area contributed by atoms with Crippen molar-refractivity contribution in [2.45, 2.75) is 24.6 Å². The molecule has 1 heterocycles. The van der Waals surface area contributed by atoms with Crippen LogP contribution in [-0.2, 0) is 10.0 Å². The minimum Gasteiger partial charge on any atom is -0.294 e. The highest BCUT2D eigenvalue weighted by molar-refractivity contribution is 8.00. The van der Waals surface area contributed by atoms with Crippen LogP contribution in [0.15, 0.2) is 30.3 Å². The Kier molecular flexibility index (Phi) is 6.10. The zero-order chi connectivity index (χ0) is 15.3. The van der Waals surface area contributed by atoms with Gasteiger partial charge in [-0.1, -0.05) is 37.3 Å². The van der Waals surface area contributed by atoms with Gasteiger partial charge in [-0.3, -0.25) is 4.90 Å². The predicted octanol–water partition coefficient (Wildman–Crippen LogP) is 2.10. The molecule has 6 heteroatoms. The van der Waals surface area contributed by atoms with Gasteiger partial charge in [-0.05, 0) is 25.6 Å². The molecule has 1 aliphatic rings. The molecule has 1 N–H and O–H groups in total. The van der Waals surface area contributed by atoms with Crippen LogP contribution in [0.3, 0.4) is 0 Å². The second-order valence-corrected chi connectivity index (χ2v) is 8.88. The molecule has 2 rings (SSSR count). The van der Waals surface area contributed by atoms with Gasteiger partial charge in [0.05, 0.1) is 5.75 Å². The third-order valence-electron chi connectivity index (χ3n) is 3.91. The van der Waals surface area contributed by atoms with E-state index in [0.717, 1.165) is 18.8 Å². The zero-order valence-corrected chi connectivity index (χ0v) is 14.3. The summed E-state index contributed by atoms with van der Waals surface area (Å²) in [5.74, 6) is 1.31. The summed E-state index contributed by atoms with van der Waals surface area (Å²) in [7, 11) is -1.62. The van der Waals surface area contributed by atoms with Crippen molar-refractivity contribution in [1.29, 1.82) is 0 Å². The average molecular weight is 329 g/mol. The molecule has 1 aromatic rings. The SMILES string of the molecule is CNS(=O)(=O)CCCN1CCS[C@@H](C)[C@@H]1c1ccccc1. The Morgan fingerprint density at radius 1 is 1.33 bits per heavy atom. The second-order valence-electron chi connectivity index (χ2n) is 5.34. The molecule has 0 amide bonds. The number of nitrogens with zero attached hydrogens (tertiary/aromatic N) is 1. The molecule has 0 spiro atoms. The summed E-state index contributed by atoms with van der Waals surface area (Å²) in [6, 6.07) is 10.9. The van der Waals surface area contributed by atoms with E-state index in [2.05, 4.69) is 40.8 Å². The summed E-state index contributed by atoms with van der Waals surface area (Å²) < 4.78 is 25.4. The number of thioether (sulfide) groups is 1. The molecule has 1 saturated heterocycles. The van der Waals surface area contributed by atoms with Crippen LogP contribution in [0, 0.1) is 0 Å². The van der Waals surface area contributed by atoms with Gasteiger partial charge in [0.15, 0.2) is 0 Å². The number of benzene rings is 1. The van der Waals surface area contributed by atoms with E-state index >= 15 is 0 Å². The van der Waals surface area contributed by atoms with Crippen LogP contribution in [0.2, 0.25) is 0 Å². The van der Waals surface area contributed by atoms with Crippen LogP contribution in [0.4, 0.5) is 0 Å². The van der Waals surface area contributed by atoms with Gasteiger partial charge in [0.25, 0.3) is 0 Å². The molecule has 4 nitrogen and oxygen atoms in total. The summed E-state index contributed by atoms with van der Waals surface area (Å²) in [4.78, 5) is 2.43. The molecule has 0 aliphatic carbocycles. The fourth-order valence-electron chi connectivity index (χ4n) is 2.83. The molecule has 1 fully saturated rings. The van der Waals surface area contributed by atoms with Gasteiger partial charge < -0.3 is 0 Å². The molecule has 0 bridgehead atoms. The van der Waals surface area contributed by atoms with E-state index in [1.165, 1.54) is 12.6 Å². The normalized spacial score (nSPS) is 24.1. The van der Waals surface area contributed by atoms with Crippen molar-refractivity contribution < 1.29 is 8.42 Å². The number of sulfonamides is 1. The van der Waals surface area contributed by atoms with Gasteiger partial charge in [0.2, 0.25) is 10.0 Å². The van der Waals surface area contributed by atoms with E-state index < -0.39 is 10.0 Å². The van der Waals surface area contributed by atoms with Crippen molar-refractivity contribution in [3.63, 3.8) is 0 Å². The first-order valence-corrected chi connectivity index (χ1v) is 10.1. The van der Waals surface area contributed by atoms with Crippen LogP contribution in [-0.4, -0.2) is 50.2 Å². The molecule has 21 heavy (non-hydrogen) atoms. The van der Waals surface area contributed by atoms with E-state index in [-0.39, 0.29) is 5.75 Å². The van der Waals surface area contributed by atoms with Crippen LogP contribution >= 0.6 is 11.8 Å². The maximum absolute atomic E-state index is 11.5. The lowest BCUT2D eigenvalue weighted by molar-refractivity contribution is 0.201. The average Bonchev–Trinajstić information content (AvgIpc) is 2.48. The molecule has 118 valence electrons. The Morgan fingerprint density at radius 2 is 2.05 bits per heavy atom. The second kappa shape index (κ2) is 7.63. The predicted molar refractivity (Wildman–Crippen MR) is 90.1 cm³/mol. The Hall–Kier alpha value is -0.560. The minimum atomic E-state index is -3.10. The van der Waals surface area contributed by atoms with Gasteiger partial charge in [-0.15, -0.1) is 0 Å². The van der Waals surface area contributed by atoms with Crippen LogP contribution < -0.4 is 4.72 Å². The minimum absolute atomic E-state index is 0.197. The fourth-order valence-corrected chi connectivity index (χ4v) is 4.76. The van der Waals surface area contributed by atoms with Crippen LogP contribution in [0.1, 0.15) is 24.9 Å². The lowest BCUT2D eigenvalue weighted by Crippen LogP contribution is -2.41. The van der Waals surface area contributed by atoms with Crippen molar-refractivity contribution in [2.24, 2.45) is 0 Å². The number of rotatable bonds is 6. The van der Waals surface area contributed by atoms with Crippen molar-refractivity contribution in [1.82, 2.24) is 9.62 Å². The van der Waals surface area contributed by atoms with Gasteiger partial charge in [0, 0.05) is 23.6 Å². The van der Waals surface area contributed by atoms with Gasteiger partial charge in [-0.2, -0.15) is 11.8 Å². The first-order valence-electron chi connectivity index (χ1n) is 7.35. The summed E-state index contributed by atoms with van der Waals surface area (Å²) >= 11 is 2.00. The lowest BCUT2D eigenvalue weighted by Gasteiger charge is -2.40. The van der Waals surface area contributed by atoms with Gasteiger partial charge in [0.1, 0.15) is 0 Å². The number of hydrogen-bond acceptors (Lipinski definition) is 4. The zero-order valence-electron chi connectivity index (χ0n) is 12.7. The van der Waals surface area contributed by atoms with E-state index in [1.54, 1.807) is 0 Å². The van der Waals surface area contributed by atoms with Crippen molar-refractivity contribution in [3.8, 4) is 0 Å². The third-order valence-corrected chi connectivity index (χ3v) is 6.56. The highest BCUT2D eigenvalue weighted by Crippen LogP contribution is 2.35. The molecule has 0 unspecified atom stereocenters. The first kappa shape index (κ1) is 16.8. The molecule has 2 atom stereocenters. The Balaban J connectivity index is 2.02. The Morgan fingerprint density at radius 3 is 2.71 bits per heavy atom. The quantitative estimate of drug-likeness (QED) is 0.869. The van der Waals surface area contributed by atoms with Crippen molar-refractivity contribution in [3.05, 3.63) is 35.9 Å². The first-order chi connectivity index (χ1) is 10.0. The summed E-state index contributed by atoms with van der Waals surface area (Å²) in [6.45, 7) is 4.11. The smallest absolute Gasteiger partial charge is 0.211 e. The molecular formula is C15H24N2O2S2. The molecule has 0 saturated carbocycles. The maximum Gasteiger partial charge on any atom is 0.211 e. The van der Waals surface area contributed by atoms with E-state index in [4.69, 9.17) is 0 Å². The van der Waals surface area contributed by atoms with E-state index in [1.807, 2.05) is 17.8 Å². The standard InChI is InChI=1S/C15H24N2O2S2/c1-13-15(14-7-4-3-5-8-14)17(10-11-20-13)9-6-12-21(18,19)16-2/h3-5,7-8,13,15-16H,6,9-12H2,1-2H3/t13-,15+/m0/s1. The Labute approximate surface area is 132 Å². The fraction of sp³-hybridized carbons (Fsp3) is 0.600. The topological polar surface area (TPSA) is 49.4 Å². The largest absolute Gasteiger partial charge is 0.294 e. The highest BCUT2D eigenvalue weighted by Gasteiger charge is 2.30. The molecule has 1 aliphatic heterocycles. The maximum atomic E-state index is 11.5. The molecular weight excluding hydrogens is 304 g/mol. The monoisotopic (exact) mass is 328 g/mol. The third kappa shape index (κ3) is 4.71. The van der Waals surface area contributed by atoms with Gasteiger partial charge in [-0.25, -0.2) is 13.1 Å². The lowest BCUT2D eigenvalue weighted by atomic mass is 10.0. The van der Waals surface area contributed by atoms with E-state index in [9.17, 15) is 8.42 Å². The summed E-state index contributed by atoms with van der Waals surface area (Å²) in [6.07, 6.45) is 0.671. The number of hydrogen-bond donors (Lipinski definition) is 1. The van der Waals surface area contributed by atoms with E-state index in [0.29, 0.717) is 17.7 Å². The summed E-state index contributed by atoms with van der Waals surface area (Å²) in [5, 5.41) is 0.530. The Bertz CT molecular complexity index is 534. The molecule has 0 radical (unpaired) electrons. The number of nitrogens with one attached hydrogen (secondary N) is 1. The van der Waals surface area contributed by atoms with Gasteiger partial charge >= 0.3 is 0 Å². The molecule has 0 aromatic heterocycles. The summed E-state index contributed by atoms with van der Waals surface area (Å²) in [5.41, 5.74) is 1.33. The van der Waals surface area contributed by atoms with Crippen molar-refractivity contribution >= 4 is 21.8 Å². The highest BCUT2D eigenvalue weighted by atomic mass is 32.2. The van der Waals surface area contributed by atoms with Crippen LogP contribution in [0.25, 0.3) is 0 Å². The van der Waals surface area contributed by atoms with Crippen LogP contribution in [0.5, 0.6) is 0 Å². The van der Waals surface area contributed by atoms with Crippen molar-refractivity contribution in [2.75, 3.05) is 31.6 Å². The molecule has 1 aromatic carbocycles.